The molecule has 2 rings (SSSR count). The Morgan fingerprint density at radius 2 is 2.28 bits per heavy atom. The molecule has 0 aliphatic carbocycles. The third kappa shape index (κ3) is 3.37. The summed E-state index contributed by atoms with van der Waals surface area (Å²) in [6.45, 7) is 2.89. The molecular formula is C14H17FN2S. The Bertz CT molecular complexity index is 510. The van der Waals surface area contributed by atoms with Gasteiger partial charge in [0.1, 0.15) is 5.82 Å². The van der Waals surface area contributed by atoms with Gasteiger partial charge in [-0.3, -0.25) is 0 Å². The quantitative estimate of drug-likeness (QED) is 0.898. The molecular weight excluding hydrogens is 247 g/mol. The molecule has 0 bridgehead atoms. The molecule has 1 unspecified atom stereocenters. The highest BCUT2D eigenvalue weighted by molar-refractivity contribution is 7.09. The van der Waals surface area contributed by atoms with Gasteiger partial charge in [0.15, 0.2) is 0 Å². The van der Waals surface area contributed by atoms with E-state index in [-0.39, 0.29) is 5.82 Å². The van der Waals surface area contributed by atoms with Crippen molar-refractivity contribution in [1.82, 2.24) is 4.98 Å². The molecule has 0 fully saturated rings. The first-order valence-corrected chi connectivity index (χ1v) is 6.97. The molecule has 0 amide bonds. The van der Waals surface area contributed by atoms with Crippen LogP contribution in [0, 0.1) is 11.7 Å². The summed E-state index contributed by atoms with van der Waals surface area (Å²) >= 11 is 1.63. The Hall–Kier alpha value is -1.26. The Morgan fingerprint density at radius 1 is 1.44 bits per heavy atom. The first-order valence-electron chi connectivity index (χ1n) is 6.09. The molecule has 18 heavy (non-hydrogen) atoms. The van der Waals surface area contributed by atoms with Gasteiger partial charge in [-0.1, -0.05) is 19.1 Å². The highest BCUT2D eigenvalue weighted by Crippen LogP contribution is 2.24. The summed E-state index contributed by atoms with van der Waals surface area (Å²) in [5.41, 5.74) is 7.23. The lowest BCUT2D eigenvalue weighted by molar-refractivity contribution is 0.537. The van der Waals surface area contributed by atoms with Crippen molar-refractivity contribution in [3.8, 4) is 11.3 Å². The number of rotatable bonds is 5. The van der Waals surface area contributed by atoms with E-state index in [2.05, 4.69) is 11.9 Å². The summed E-state index contributed by atoms with van der Waals surface area (Å²) in [5, 5.41) is 3.08. The molecule has 0 saturated carbocycles. The van der Waals surface area contributed by atoms with E-state index in [1.807, 2.05) is 11.4 Å². The lowest BCUT2D eigenvalue weighted by Gasteiger charge is -2.06. The molecule has 0 spiro atoms. The Kier molecular flexibility index (Phi) is 4.44. The average molecular weight is 264 g/mol. The van der Waals surface area contributed by atoms with E-state index in [1.165, 1.54) is 12.1 Å². The minimum absolute atomic E-state index is 0.224. The van der Waals surface area contributed by atoms with Gasteiger partial charge in [0.2, 0.25) is 0 Å². The smallest absolute Gasteiger partial charge is 0.123 e. The maximum Gasteiger partial charge on any atom is 0.123 e. The van der Waals surface area contributed by atoms with Gasteiger partial charge in [0, 0.05) is 17.4 Å². The third-order valence-electron chi connectivity index (χ3n) is 2.85. The number of aromatic nitrogens is 1. The monoisotopic (exact) mass is 264 g/mol. The molecule has 0 aliphatic heterocycles. The van der Waals surface area contributed by atoms with Crippen LogP contribution in [0.4, 0.5) is 4.39 Å². The SMILES string of the molecule is CC(CCN)Cc1nc(-c2cccc(F)c2)cs1. The summed E-state index contributed by atoms with van der Waals surface area (Å²) in [7, 11) is 0. The Morgan fingerprint density at radius 3 is 3.00 bits per heavy atom. The predicted molar refractivity (Wildman–Crippen MR) is 74.0 cm³/mol. The average Bonchev–Trinajstić information content (AvgIpc) is 2.78. The molecule has 1 heterocycles. The van der Waals surface area contributed by atoms with Crippen LogP contribution in [-0.2, 0) is 6.42 Å². The lowest BCUT2D eigenvalue weighted by Crippen LogP contribution is -2.07. The van der Waals surface area contributed by atoms with Crippen LogP contribution < -0.4 is 5.73 Å². The third-order valence-corrected chi connectivity index (χ3v) is 3.73. The number of hydrogen-bond donors (Lipinski definition) is 1. The summed E-state index contributed by atoms with van der Waals surface area (Å²) in [5.74, 6) is 0.319. The zero-order chi connectivity index (χ0) is 13.0. The van der Waals surface area contributed by atoms with Crippen molar-refractivity contribution < 1.29 is 4.39 Å². The number of halogens is 1. The first kappa shape index (κ1) is 13.2. The van der Waals surface area contributed by atoms with Crippen molar-refractivity contribution in [3.63, 3.8) is 0 Å². The highest BCUT2D eigenvalue weighted by atomic mass is 32.1. The minimum Gasteiger partial charge on any atom is -0.330 e. The van der Waals surface area contributed by atoms with Crippen LogP contribution in [0.25, 0.3) is 11.3 Å². The van der Waals surface area contributed by atoms with Crippen LogP contribution in [0.15, 0.2) is 29.6 Å². The van der Waals surface area contributed by atoms with Gasteiger partial charge in [0.05, 0.1) is 10.7 Å². The fourth-order valence-corrected chi connectivity index (χ4v) is 2.84. The van der Waals surface area contributed by atoms with Crippen LogP contribution in [0.3, 0.4) is 0 Å². The van der Waals surface area contributed by atoms with Crippen molar-refractivity contribution >= 4 is 11.3 Å². The zero-order valence-corrected chi connectivity index (χ0v) is 11.2. The van der Waals surface area contributed by atoms with Crippen molar-refractivity contribution in [2.75, 3.05) is 6.54 Å². The van der Waals surface area contributed by atoms with Gasteiger partial charge in [0.25, 0.3) is 0 Å². The molecule has 1 aromatic heterocycles. The van der Waals surface area contributed by atoms with Crippen LogP contribution in [0.2, 0.25) is 0 Å². The van der Waals surface area contributed by atoms with Crippen molar-refractivity contribution in [2.45, 2.75) is 19.8 Å². The van der Waals surface area contributed by atoms with Gasteiger partial charge in [-0.25, -0.2) is 9.37 Å². The van der Waals surface area contributed by atoms with Gasteiger partial charge >= 0.3 is 0 Å². The van der Waals surface area contributed by atoms with Crippen molar-refractivity contribution in [3.05, 3.63) is 40.5 Å². The van der Waals surface area contributed by atoms with E-state index in [4.69, 9.17) is 5.73 Å². The molecule has 4 heteroatoms. The van der Waals surface area contributed by atoms with E-state index < -0.39 is 0 Å². The summed E-state index contributed by atoms with van der Waals surface area (Å²) in [6, 6.07) is 6.55. The van der Waals surface area contributed by atoms with Crippen LogP contribution in [-0.4, -0.2) is 11.5 Å². The van der Waals surface area contributed by atoms with E-state index in [0.29, 0.717) is 12.5 Å². The Balaban J connectivity index is 2.10. The summed E-state index contributed by atoms with van der Waals surface area (Å²) in [4.78, 5) is 4.55. The lowest BCUT2D eigenvalue weighted by atomic mass is 10.1. The largest absolute Gasteiger partial charge is 0.330 e. The summed E-state index contributed by atoms with van der Waals surface area (Å²) in [6.07, 6.45) is 1.95. The van der Waals surface area contributed by atoms with E-state index in [9.17, 15) is 4.39 Å². The molecule has 96 valence electrons. The van der Waals surface area contributed by atoms with Crippen LogP contribution in [0.5, 0.6) is 0 Å². The topological polar surface area (TPSA) is 38.9 Å². The number of nitrogens with zero attached hydrogens (tertiary/aromatic N) is 1. The molecule has 0 radical (unpaired) electrons. The molecule has 2 N–H and O–H groups in total. The van der Waals surface area contributed by atoms with Crippen LogP contribution >= 0.6 is 11.3 Å². The second kappa shape index (κ2) is 6.07. The zero-order valence-electron chi connectivity index (χ0n) is 10.4. The maximum atomic E-state index is 13.1. The maximum absolute atomic E-state index is 13.1. The molecule has 0 aliphatic rings. The van der Waals surface area contributed by atoms with Gasteiger partial charge in [-0.2, -0.15) is 0 Å². The molecule has 0 saturated heterocycles. The van der Waals surface area contributed by atoms with Crippen LogP contribution in [0.1, 0.15) is 18.4 Å². The molecule has 2 aromatic rings. The molecule has 1 aromatic carbocycles. The molecule has 2 nitrogen and oxygen atoms in total. The van der Waals surface area contributed by atoms with E-state index in [0.717, 1.165) is 29.1 Å². The highest BCUT2D eigenvalue weighted by Gasteiger charge is 2.08. The second-order valence-corrected chi connectivity index (χ2v) is 5.47. The second-order valence-electron chi connectivity index (χ2n) is 4.52. The standard InChI is InChI=1S/C14H17FN2S/c1-10(5-6-16)7-14-17-13(9-18-14)11-3-2-4-12(15)8-11/h2-4,8-10H,5-7,16H2,1H3. The van der Waals surface area contributed by atoms with Gasteiger partial charge < -0.3 is 5.73 Å². The fraction of sp³-hybridized carbons (Fsp3) is 0.357. The number of nitrogens with two attached hydrogens (primary N) is 1. The van der Waals surface area contributed by atoms with Gasteiger partial charge in [-0.15, -0.1) is 11.3 Å². The minimum atomic E-state index is -0.224. The fourth-order valence-electron chi connectivity index (χ4n) is 1.87. The number of thiazole rings is 1. The van der Waals surface area contributed by atoms with Gasteiger partial charge in [-0.05, 0) is 31.0 Å². The van der Waals surface area contributed by atoms with Crippen molar-refractivity contribution in [2.24, 2.45) is 11.7 Å². The van der Waals surface area contributed by atoms with Crippen molar-refractivity contribution in [1.29, 1.82) is 0 Å². The summed E-state index contributed by atoms with van der Waals surface area (Å²) < 4.78 is 13.1. The predicted octanol–water partition coefficient (Wildman–Crippen LogP) is 3.48. The van der Waals surface area contributed by atoms with E-state index in [1.54, 1.807) is 17.4 Å². The number of benzene rings is 1. The molecule has 1 atom stereocenters. The first-order chi connectivity index (χ1) is 8.69. The number of hydrogen-bond acceptors (Lipinski definition) is 3. The normalized spacial score (nSPS) is 12.6. The Labute approximate surface area is 111 Å². The van der Waals surface area contributed by atoms with E-state index >= 15 is 0 Å².